The fourth-order valence-corrected chi connectivity index (χ4v) is 4.97. The van der Waals surface area contributed by atoms with E-state index < -0.39 is 11.7 Å². The van der Waals surface area contributed by atoms with E-state index in [0.29, 0.717) is 17.8 Å². The number of piperazine rings is 1. The predicted octanol–water partition coefficient (Wildman–Crippen LogP) is 5.40. The molecule has 8 nitrogen and oxygen atoms in total. The van der Waals surface area contributed by atoms with Crippen molar-refractivity contribution in [3.8, 4) is 0 Å². The smallest absolute Gasteiger partial charge is 0.412 e. The lowest BCUT2D eigenvalue weighted by molar-refractivity contribution is 0.0635. The number of benzene rings is 2. The number of carbonyl (C=O) groups excluding carboxylic acids is 2. The van der Waals surface area contributed by atoms with Crippen molar-refractivity contribution in [2.75, 3.05) is 49.5 Å². The summed E-state index contributed by atoms with van der Waals surface area (Å²) in [6, 6.07) is 15.2. The number of hydrogen-bond donors (Lipinski definition) is 2. The molecule has 2 amide bonds. The van der Waals surface area contributed by atoms with E-state index in [4.69, 9.17) is 4.74 Å². The van der Waals surface area contributed by atoms with Gasteiger partial charge >= 0.3 is 6.09 Å². The highest BCUT2D eigenvalue weighted by Crippen LogP contribution is 2.29. The van der Waals surface area contributed by atoms with Crippen LogP contribution in [0.15, 0.2) is 48.5 Å². The Morgan fingerprint density at radius 1 is 1.00 bits per heavy atom. The van der Waals surface area contributed by atoms with Crippen LogP contribution in [-0.2, 0) is 4.74 Å². The normalized spacial score (nSPS) is 14.2. The second-order valence-electron chi connectivity index (χ2n) is 10.00. The lowest BCUT2D eigenvalue weighted by Gasteiger charge is -2.35. The lowest BCUT2D eigenvalue weighted by Crippen LogP contribution is -2.46. The molecule has 1 aliphatic heterocycles. The van der Waals surface area contributed by atoms with Gasteiger partial charge in [0.2, 0.25) is 0 Å². The molecule has 200 valence electrons. The minimum atomic E-state index is -0.560. The molecule has 0 bridgehead atoms. The third kappa shape index (κ3) is 8.31. The maximum Gasteiger partial charge on any atom is 0.412 e. The van der Waals surface area contributed by atoms with Crippen LogP contribution in [0.25, 0.3) is 10.1 Å². The van der Waals surface area contributed by atoms with E-state index in [2.05, 4.69) is 49.1 Å². The van der Waals surface area contributed by atoms with Gasteiger partial charge in [0.15, 0.2) is 0 Å². The minimum Gasteiger partial charge on any atom is -0.444 e. The number of hydrogen-bond acceptors (Lipinski definition) is 7. The molecule has 0 atom stereocenters. The van der Waals surface area contributed by atoms with Gasteiger partial charge in [-0.15, -0.1) is 12.4 Å². The van der Waals surface area contributed by atoms with Crippen LogP contribution in [0.3, 0.4) is 0 Å². The van der Waals surface area contributed by atoms with E-state index in [1.165, 1.54) is 10.1 Å². The maximum atomic E-state index is 12.4. The first kappa shape index (κ1) is 28.7. The van der Waals surface area contributed by atoms with Crippen LogP contribution in [-0.4, -0.2) is 66.1 Å². The molecule has 2 aromatic carbocycles. The van der Waals surface area contributed by atoms with Crippen molar-refractivity contribution in [1.82, 2.24) is 14.6 Å². The van der Waals surface area contributed by atoms with Gasteiger partial charge in [-0.25, -0.2) is 4.79 Å². The van der Waals surface area contributed by atoms with Gasteiger partial charge < -0.3 is 15.0 Å². The van der Waals surface area contributed by atoms with Crippen LogP contribution in [0.5, 0.6) is 0 Å². The van der Waals surface area contributed by atoms with Crippen molar-refractivity contribution in [3.05, 3.63) is 54.1 Å². The van der Waals surface area contributed by atoms with Gasteiger partial charge in [-0.05, 0) is 88.1 Å². The molecule has 0 saturated carbocycles. The second kappa shape index (κ2) is 13.1. The highest BCUT2D eigenvalue weighted by atomic mass is 35.5. The van der Waals surface area contributed by atoms with Crippen molar-refractivity contribution in [1.29, 1.82) is 0 Å². The molecule has 0 radical (unpaired) electrons. The number of unbranched alkanes of at least 4 members (excludes halogenated alkanes) is 1. The molecular weight excluding hydrogens is 510 g/mol. The Labute approximate surface area is 228 Å². The van der Waals surface area contributed by atoms with Crippen molar-refractivity contribution < 1.29 is 14.3 Å². The van der Waals surface area contributed by atoms with Gasteiger partial charge in [-0.1, -0.05) is 12.1 Å². The third-order valence-corrected chi connectivity index (χ3v) is 6.83. The largest absolute Gasteiger partial charge is 0.444 e. The first-order valence-corrected chi connectivity index (χ1v) is 13.3. The Morgan fingerprint density at radius 3 is 2.41 bits per heavy atom. The van der Waals surface area contributed by atoms with Crippen LogP contribution < -0.4 is 15.5 Å². The van der Waals surface area contributed by atoms with Crippen LogP contribution >= 0.6 is 23.9 Å². The number of ether oxygens (including phenoxy) is 1. The van der Waals surface area contributed by atoms with Gasteiger partial charge in [-0.2, -0.15) is 4.37 Å². The Hall–Kier alpha value is -2.88. The zero-order chi connectivity index (χ0) is 25.5. The van der Waals surface area contributed by atoms with Gasteiger partial charge in [0.25, 0.3) is 5.91 Å². The quantitative estimate of drug-likeness (QED) is 0.369. The van der Waals surface area contributed by atoms with Crippen molar-refractivity contribution in [2.24, 2.45) is 0 Å². The summed E-state index contributed by atoms with van der Waals surface area (Å²) in [7, 11) is 0. The first-order valence-electron chi connectivity index (χ1n) is 12.5. The molecule has 1 saturated heterocycles. The SMILES string of the molecule is CC(C)(C)OC(=O)Nc1ccc(C(=O)NCCCCN2CCN(c3nsc4ccccc34)CC2)cc1.Cl. The molecule has 10 heteroatoms. The van der Waals surface area contributed by atoms with E-state index >= 15 is 0 Å². The molecule has 0 spiro atoms. The molecule has 4 rings (SSSR count). The fourth-order valence-electron chi connectivity index (χ4n) is 4.17. The summed E-state index contributed by atoms with van der Waals surface area (Å²) in [5, 5.41) is 6.91. The standard InChI is InChI=1S/C27H35N5O3S.ClH/c1-27(2,3)35-26(34)29-21-12-10-20(11-13-21)25(33)28-14-6-7-15-31-16-18-32(19-17-31)24-22-8-4-5-9-23(22)36-30-24;/h4-5,8-13H,6-7,14-19H2,1-3H3,(H,28,33)(H,29,34);1H. The molecule has 2 heterocycles. The zero-order valence-corrected chi connectivity index (χ0v) is 23.3. The van der Waals surface area contributed by atoms with E-state index in [1.807, 2.05) is 20.8 Å². The zero-order valence-electron chi connectivity index (χ0n) is 21.7. The number of anilines is 2. The lowest BCUT2D eigenvalue weighted by atomic mass is 10.2. The van der Waals surface area contributed by atoms with E-state index in [9.17, 15) is 9.59 Å². The molecule has 0 unspecified atom stereocenters. The van der Waals surface area contributed by atoms with Crippen LogP contribution in [0.1, 0.15) is 44.0 Å². The molecule has 37 heavy (non-hydrogen) atoms. The number of carbonyl (C=O) groups is 2. The van der Waals surface area contributed by atoms with Crippen LogP contribution in [0.2, 0.25) is 0 Å². The van der Waals surface area contributed by atoms with Gasteiger partial charge in [0.1, 0.15) is 11.4 Å². The highest BCUT2D eigenvalue weighted by Gasteiger charge is 2.20. The topological polar surface area (TPSA) is 86.8 Å². The average Bonchev–Trinajstić information content (AvgIpc) is 3.27. The Kier molecular flexibility index (Phi) is 10.1. The van der Waals surface area contributed by atoms with Crippen molar-refractivity contribution >= 4 is 57.5 Å². The summed E-state index contributed by atoms with van der Waals surface area (Å²) >= 11 is 1.57. The van der Waals surface area contributed by atoms with Crippen molar-refractivity contribution in [2.45, 2.75) is 39.2 Å². The first-order chi connectivity index (χ1) is 17.3. The number of aromatic nitrogens is 1. The Morgan fingerprint density at radius 2 is 1.70 bits per heavy atom. The van der Waals surface area contributed by atoms with E-state index in [-0.39, 0.29) is 18.3 Å². The molecule has 1 aromatic heterocycles. The summed E-state index contributed by atoms with van der Waals surface area (Å²) in [5.41, 5.74) is 0.592. The molecular formula is C27H36ClN5O3S. The number of rotatable bonds is 8. The molecule has 1 aliphatic rings. The summed E-state index contributed by atoms with van der Waals surface area (Å²) in [5.74, 6) is 1.01. The summed E-state index contributed by atoms with van der Waals surface area (Å²) < 4.78 is 11.2. The van der Waals surface area contributed by atoms with E-state index in [1.54, 1.807) is 35.8 Å². The summed E-state index contributed by atoms with van der Waals surface area (Å²) in [6.07, 6.45) is 1.46. The van der Waals surface area contributed by atoms with Crippen LogP contribution in [0.4, 0.5) is 16.3 Å². The molecule has 0 aliphatic carbocycles. The monoisotopic (exact) mass is 545 g/mol. The maximum absolute atomic E-state index is 12.4. The highest BCUT2D eigenvalue weighted by molar-refractivity contribution is 7.13. The number of amides is 2. The third-order valence-electron chi connectivity index (χ3n) is 6.01. The fraction of sp³-hybridized carbons (Fsp3) is 0.444. The number of halogens is 1. The minimum absolute atomic E-state index is 0. The van der Waals surface area contributed by atoms with Gasteiger partial charge in [-0.3, -0.25) is 15.0 Å². The van der Waals surface area contributed by atoms with Crippen molar-refractivity contribution in [3.63, 3.8) is 0 Å². The summed E-state index contributed by atoms with van der Waals surface area (Å²) in [6.45, 7) is 11.1. The molecule has 2 N–H and O–H groups in total. The van der Waals surface area contributed by atoms with E-state index in [0.717, 1.165) is 51.4 Å². The Balaban J connectivity index is 0.00000380. The summed E-state index contributed by atoms with van der Waals surface area (Å²) in [4.78, 5) is 29.2. The van der Waals surface area contributed by atoms with Gasteiger partial charge in [0.05, 0.1) is 4.70 Å². The van der Waals surface area contributed by atoms with Gasteiger partial charge in [0, 0.05) is 49.4 Å². The predicted molar refractivity (Wildman–Crippen MR) is 153 cm³/mol. The van der Waals surface area contributed by atoms with Crippen LogP contribution in [0, 0.1) is 0 Å². The number of nitrogens with one attached hydrogen (secondary N) is 2. The number of fused-ring (bicyclic) bond motifs is 1. The second-order valence-corrected chi connectivity index (χ2v) is 10.8. The molecule has 3 aromatic rings. The molecule has 1 fully saturated rings. The number of nitrogens with zero attached hydrogens (tertiary/aromatic N) is 3. The Bertz CT molecular complexity index is 1170. The average molecular weight is 546 g/mol.